The first-order valence-electron chi connectivity index (χ1n) is 6.74. The molecule has 4 heteroatoms. The minimum atomic E-state index is -0.250. The molecule has 4 nitrogen and oxygen atoms in total. The van der Waals surface area contributed by atoms with Crippen molar-refractivity contribution in [3.05, 3.63) is 35.4 Å². The van der Waals surface area contributed by atoms with E-state index in [1.807, 2.05) is 18.2 Å². The Balaban J connectivity index is 2.68. The van der Waals surface area contributed by atoms with Crippen LogP contribution in [0.5, 0.6) is 0 Å². The Morgan fingerprint density at radius 1 is 1.37 bits per heavy atom. The number of carbonyl (C=O) groups is 1. The summed E-state index contributed by atoms with van der Waals surface area (Å²) in [5, 5.41) is 0. The van der Waals surface area contributed by atoms with Crippen molar-refractivity contribution in [2.45, 2.75) is 39.8 Å². The van der Waals surface area contributed by atoms with Crippen LogP contribution in [0, 0.1) is 5.92 Å². The highest BCUT2D eigenvalue weighted by Crippen LogP contribution is 2.14. The minimum absolute atomic E-state index is 0.250. The van der Waals surface area contributed by atoms with Crippen LogP contribution >= 0.6 is 0 Å². The van der Waals surface area contributed by atoms with Crippen molar-refractivity contribution >= 4 is 5.91 Å². The molecule has 0 radical (unpaired) electrons. The van der Waals surface area contributed by atoms with E-state index in [1.54, 1.807) is 6.07 Å². The minimum Gasteiger partial charge on any atom is -0.299 e. The van der Waals surface area contributed by atoms with Crippen LogP contribution in [0.4, 0.5) is 0 Å². The smallest absolute Gasteiger partial charge is 0.265 e. The molecule has 1 atom stereocenters. The maximum atomic E-state index is 11.5. The molecule has 0 fully saturated rings. The average molecular weight is 263 g/mol. The summed E-state index contributed by atoms with van der Waals surface area (Å²) in [5.74, 6) is 5.59. The van der Waals surface area contributed by atoms with Gasteiger partial charge in [0.25, 0.3) is 5.91 Å². The molecular formula is C15H25N3O. The van der Waals surface area contributed by atoms with Crippen molar-refractivity contribution in [1.29, 1.82) is 0 Å². The second kappa shape index (κ2) is 7.26. The van der Waals surface area contributed by atoms with E-state index in [1.165, 1.54) is 6.42 Å². The van der Waals surface area contributed by atoms with Gasteiger partial charge in [0.2, 0.25) is 0 Å². The summed E-state index contributed by atoms with van der Waals surface area (Å²) in [6.45, 7) is 7.53. The van der Waals surface area contributed by atoms with Gasteiger partial charge in [-0.15, -0.1) is 0 Å². The van der Waals surface area contributed by atoms with E-state index in [2.05, 4.69) is 38.1 Å². The summed E-state index contributed by atoms with van der Waals surface area (Å²) in [6.07, 6.45) is 1.17. The van der Waals surface area contributed by atoms with Crippen LogP contribution in [0.25, 0.3) is 0 Å². The number of rotatable bonds is 6. The van der Waals surface area contributed by atoms with E-state index < -0.39 is 0 Å². The third-order valence-corrected chi connectivity index (χ3v) is 3.32. The molecule has 106 valence electrons. The fourth-order valence-corrected chi connectivity index (χ4v) is 2.20. The van der Waals surface area contributed by atoms with Crippen LogP contribution in [0.1, 0.15) is 43.1 Å². The van der Waals surface area contributed by atoms with Crippen LogP contribution in [-0.4, -0.2) is 23.9 Å². The van der Waals surface area contributed by atoms with E-state index in [-0.39, 0.29) is 5.91 Å². The first-order valence-corrected chi connectivity index (χ1v) is 6.74. The molecule has 0 bridgehead atoms. The zero-order chi connectivity index (χ0) is 14.4. The molecule has 0 heterocycles. The van der Waals surface area contributed by atoms with Crippen molar-refractivity contribution in [2.24, 2.45) is 11.8 Å². The van der Waals surface area contributed by atoms with Crippen LogP contribution in [0.15, 0.2) is 24.3 Å². The van der Waals surface area contributed by atoms with Crippen molar-refractivity contribution in [1.82, 2.24) is 10.3 Å². The highest BCUT2D eigenvalue weighted by molar-refractivity contribution is 5.93. The first kappa shape index (κ1) is 15.7. The van der Waals surface area contributed by atoms with Crippen molar-refractivity contribution in [3.8, 4) is 0 Å². The Kier molecular flexibility index (Phi) is 5.99. The lowest BCUT2D eigenvalue weighted by atomic mass is 10.0. The Labute approximate surface area is 115 Å². The summed E-state index contributed by atoms with van der Waals surface area (Å²) in [5.41, 5.74) is 3.88. The lowest BCUT2D eigenvalue weighted by Crippen LogP contribution is -2.31. The molecule has 1 rings (SSSR count). The number of amides is 1. The van der Waals surface area contributed by atoms with Crippen LogP contribution in [0.2, 0.25) is 0 Å². The van der Waals surface area contributed by atoms with E-state index >= 15 is 0 Å². The average Bonchev–Trinajstić information content (AvgIpc) is 2.37. The standard InChI is InChI=1S/C15H25N3O/c1-11(2)8-12(3)18(4)10-13-6-5-7-14(9-13)15(19)17-16/h5-7,9,11-12H,8,10,16H2,1-4H3,(H,17,19). The largest absolute Gasteiger partial charge is 0.299 e. The summed E-state index contributed by atoms with van der Waals surface area (Å²) in [6, 6.07) is 8.10. The topological polar surface area (TPSA) is 58.4 Å². The monoisotopic (exact) mass is 263 g/mol. The molecule has 0 aromatic heterocycles. The number of nitrogens with two attached hydrogens (primary N) is 1. The molecule has 0 saturated heterocycles. The van der Waals surface area contributed by atoms with Crippen LogP contribution in [-0.2, 0) is 6.54 Å². The lowest BCUT2D eigenvalue weighted by molar-refractivity contribution is 0.0953. The highest BCUT2D eigenvalue weighted by atomic mass is 16.2. The fourth-order valence-electron chi connectivity index (χ4n) is 2.20. The maximum Gasteiger partial charge on any atom is 0.265 e. The number of nitrogen functional groups attached to an aromatic ring is 1. The van der Waals surface area contributed by atoms with Crippen LogP contribution in [0.3, 0.4) is 0 Å². The summed E-state index contributed by atoms with van der Waals surface area (Å²) in [4.78, 5) is 13.8. The molecule has 0 aliphatic heterocycles. The molecule has 0 spiro atoms. The van der Waals surface area contributed by atoms with Gasteiger partial charge in [0.05, 0.1) is 0 Å². The molecule has 1 amide bonds. The number of nitrogens with one attached hydrogen (secondary N) is 1. The molecule has 1 aromatic carbocycles. The third-order valence-electron chi connectivity index (χ3n) is 3.32. The van der Waals surface area contributed by atoms with E-state index in [4.69, 9.17) is 5.84 Å². The van der Waals surface area contributed by atoms with Crippen molar-refractivity contribution in [3.63, 3.8) is 0 Å². The predicted molar refractivity (Wildman–Crippen MR) is 78.5 cm³/mol. The molecule has 0 saturated carbocycles. The number of hydrogen-bond acceptors (Lipinski definition) is 3. The Hall–Kier alpha value is -1.39. The quantitative estimate of drug-likeness (QED) is 0.470. The summed E-state index contributed by atoms with van der Waals surface area (Å²) >= 11 is 0. The maximum absolute atomic E-state index is 11.5. The summed E-state index contributed by atoms with van der Waals surface area (Å²) in [7, 11) is 2.11. The van der Waals surface area contributed by atoms with E-state index in [0.29, 0.717) is 17.5 Å². The van der Waals surface area contributed by atoms with Crippen molar-refractivity contribution in [2.75, 3.05) is 7.05 Å². The van der Waals surface area contributed by atoms with Gasteiger partial charge in [-0.05, 0) is 44.0 Å². The van der Waals surface area contributed by atoms with Gasteiger partial charge >= 0.3 is 0 Å². The Morgan fingerprint density at radius 3 is 2.63 bits per heavy atom. The number of hydrogen-bond donors (Lipinski definition) is 2. The summed E-state index contributed by atoms with van der Waals surface area (Å²) < 4.78 is 0. The Morgan fingerprint density at radius 2 is 2.05 bits per heavy atom. The first-order chi connectivity index (χ1) is 8.93. The normalized spacial score (nSPS) is 12.8. The van der Waals surface area contributed by atoms with Gasteiger partial charge in [-0.3, -0.25) is 15.1 Å². The number of hydrazine groups is 1. The van der Waals surface area contributed by atoms with Gasteiger partial charge in [0, 0.05) is 18.2 Å². The second-order valence-electron chi connectivity index (χ2n) is 5.57. The molecule has 0 aliphatic rings. The Bertz CT molecular complexity index is 418. The molecule has 0 aliphatic carbocycles. The fraction of sp³-hybridized carbons (Fsp3) is 0.533. The molecular weight excluding hydrogens is 238 g/mol. The molecule has 19 heavy (non-hydrogen) atoms. The number of nitrogens with zero attached hydrogens (tertiary/aromatic N) is 1. The van der Waals surface area contributed by atoms with Gasteiger partial charge in [0.15, 0.2) is 0 Å². The molecule has 1 unspecified atom stereocenters. The van der Waals surface area contributed by atoms with Gasteiger partial charge in [-0.25, -0.2) is 5.84 Å². The molecule has 1 aromatic rings. The SMILES string of the molecule is CC(C)CC(C)N(C)Cc1cccc(C(=O)NN)c1. The van der Waals surface area contributed by atoms with Gasteiger partial charge in [-0.2, -0.15) is 0 Å². The lowest BCUT2D eigenvalue weighted by Gasteiger charge is -2.26. The zero-order valence-corrected chi connectivity index (χ0v) is 12.3. The van der Waals surface area contributed by atoms with Crippen LogP contribution < -0.4 is 11.3 Å². The third kappa shape index (κ3) is 5.01. The van der Waals surface area contributed by atoms with Gasteiger partial charge < -0.3 is 0 Å². The highest BCUT2D eigenvalue weighted by Gasteiger charge is 2.12. The molecule has 3 N–H and O–H groups in total. The van der Waals surface area contributed by atoms with Gasteiger partial charge in [0.1, 0.15) is 0 Å². The number of benzene rings is 1. The van der Waals surface area contributed by atoms with E-state index in [9.17, 15) is 4.79 Å². The number of carbonyl (C=O) groups excluding carboxylic acids is 1. The zero-order valence-electron chi connectivity index (χ0n) is 12.3. The van der Waals surface area contributed by atoms with E-state index in [0.717, 1.165) is 12.1 Å². The predicted octanol–water partition coefficient (Wildman–Crippen LogP) is 2.16. The van der Waals surface area contributed by atoms with Crippen molar-refractivity contribution < 1.29 is 4.79 Å². The van der Waals surface area contributed by atoms with Gasteiger partial charge in [-0.1, -0.05) is 26.0 Å². The second-order valence-corrected chi connectivity index (χ2v) is 5.57.